The van der Waals surface area contributed by atoms with Crippen LogP contribution in [0.15, 0.2) is 72.1 Å². The molecule has 0 saturated carbocycles. The Labute approximate surface area is 117 Å². The van der Waals surface area contributed by atoms with E-state index < -0.39 is 0 Å². The second-order valence-corrected chi connectivity index (χ2v) is 4.28. The van der Waals surface area contributed by atoms with Crippen LogP contribution in [0, 0.1) is 0 Å². The van der Waals surface area contributed by atoms with Gasteiger partial charge in [0, 0.05) is 5.69 Å². The molecular weight excluding hydrogens is 248 g/mol. The number of aromatic nitrogens is 2. The van der Waals surface area contributed by atoms with Crippen molar-refractivity contribution in [3.05, 3.63) is 67.1 Å². The van der Waals surface area contributed by atoms with E-state index in [2.05, 4.69) is 20.3 Å². The van der Waals surface area contributed by atoms with E-state index in [1.165, 1.54) is 0 Å². The number of anilines is 1. The number of hydrogen-bond acceptors (Lipinski definition) is 2. The van der Waals surface area contributed by atoms with Crippen molar-refractivity contribution in [3.63, 3.8) is 0 Å². The molecule has 0 aliphatic rings. The SMILES string of the molecule is C(=Nc1ccc(-c2cnc[nH]2)cc1)Nc1ccccc1. The minimum atomic E-state index is 0.900. The maximum atomic E-state index is 4.36. The highest BCUT2D eigenvalue weighted by molar-refractivity contribution is 5.78. The topological polar surface area (TPSA) is 53.1 Å². The van der Waals surface area contributed by atoms with Gasteiger partial charge in [-0.3, -0.25) is 0 Å². The van der Waals surface area contributed by atoms with Gasteiger partial charge in [-0.05, 0) is 29.8 Å². The van der Waals surface area contributed by atoms with Gasteiger partial charge in [0.25, 0.3) is 0 Å². The summed E-state index contributed by atoms with van der Waals surface area (Å²) >= 11 is 0. The Balaban J connectivity index is 1.66. The van der Waals surface area contributed by atoms with Gasteiger partial charge >= 0.3 is 0 Å². The number of H-pyrrole nitrogens is 1. The van der Waals surface area contributed by atoms with Gasteiger partial charge in [-0.15, -0.1) is 0 Å². The molecule has 0 fully saturated rings. The standard InChI is InChI=1S/C16H14N4/c1-2-4-14(5-3-1)18-12-19-15-8-6-13(7-9-15)16-10-17-11-20-16/h1-12H,(H,17,20)(H,18,19). The van der Waals surface area contributed by atoms with Crippen molar-refractivity contribution in [2.45, 2.75) is 0 Å². The lowest BCUT2D eigenvalue weighted by Gasteiger charge is -2.00. The van der Waals surface area contributed by atoms with Crippen LogP contribution in [-0.4, -0.2) is 16.3 Å². The van der Waals surface area contributed by atoms with E-state index in [-0.39, 0.29) is 0 Å². The fourth-order valence-electron chi connectivity index (χ4n) is 1.86. The summed E-state index contributed by atoms with van der Waals surface area (Å²) in [6.45, 7) is 0. The molecule has 4 heteroatoms. The predicted molar refractivity (Wildman–Crippen MR) is 82.2 cm³/mol. The van der Waals surface area contributed by atoms with Crippen molar-refractivity contribution in [1.82, 2.24) is 9.97 Å². The van der Waals surface area contributed by atoms with E-state index in [4.69, 9.17) is 0 Å². The van der Waals surface area contributed by atoms with E-state index in [1.54, 1.807) is 18.9 Å². The van der Waals surface area contributed by atoms with Gasteiger partial charge in [0.15, 0.2) is 0 Å². The van der Waals surface area contributed by atoms with Gasteiger partial charge in [0.1, 0.15) is 0 Å². The number of para-hydroxylation sites is 1. The number of benzene rings is 2. The molecular formula is C16H14N4. The van der Waals surface area contributed by atoms with Crippen LogP contribution in [0.25, 0.3) is 11.3 Å². The van der Waals surface area contributed by atoms with Crippen molar-refractivity contribution in [3.8, 4) is 11.3 Å². The molecule has 0 spiro atoms. The third-order valence-corrected chi connectivity index (χ3v) is 2.90. The van der Waals surface area contributed by atoms with Gasteiger partial charge < -0.3 is 10.3 Å². The van der Waals surface area contributed by atoms with Crippen LogP contribution in [0.1, 0.15) is 0 Å². The Morgan fingerprint density at radius 2 is 1.80 bits per heavy atom. The van der Waals surface area contributed by atoms with Gasteiger partial charge in [-0.2, -0.15) is 0 Å². The lowest BCUT2D eigenvalue weighted by atomic mass is 10.1. The zero-order chi connectivity index (χ0) is 13.6. The minimum absolute atomic E-state index is 0.900. The lowest BCUT2D eigenvalue weighted by molar-refractivity contribution is 1.31. The fraction of sp³-hybridized carbons (Fsp3) is 0. The number of aromatic amines is 1. The van der Waals surface area contributed by atoms with E-state index >= 15 is 0 Å². The Bertz CT molecular complexity index is 670. The summed E-state index contributed by atoms with van der Waals surface area (Å²) in [4.78, 5) is 11.4. The van der Waals surface area contributed by atoms with Gasteiger partial charge in [-0.1, -0.05) is 30.3 Å². The number of imidazole rings is 1. The predicted octanol–water partition coefficient (Wildman–Crippen LogP) is 3.85. The maximum absolute atomic E-state index is 4.36. The van der Waals surface area contributed by atoms with E-state index in [0.717, 1.165) is 22.6 Å². The van der Waals surface area contributed by atoms with Crippen LogP contribution in [0.4, 0.5) is 11.4 Å². The molecule has 2 N–H and O–H groups in total. The summed E-state index contributed by atoms with van der Waals surface area (Å²) in [5.74, 6) is 0. The summed E-state index contributed by atoms with van der Waals surface area (Å²) in [6.07, 6.45) is 5.17. The molecule has 2 aromatic carbocycles. The molecule has 0 radical (unpaired) electrons. The molecule has 1 aromatic heterocycles. The van der Waals surface area contributed by atoms with Crippen molar-refractivity contribution in [2.24, 2.45) is 4.99 Å². The maximum Gasteiger partial charge on any atom is 0.0930 e. The highest BCUT2D eigenvalue weighted by atomic mass is 14.9. The molecule has 98 valence electrons. The lowest BCUT2D eigenvalue weighted by Crippen LogP contribution is -1.92. The van der Waals surface area contributed by atoms with Crippen molar-refractivity contribution >= 4 is 17.7 Å². The van der Waals surface area contributed by atoms with E-state index in [1.807, 2.05) is 54.6 Å². The van der Waals surface area contributed by atoms with Crippen LogP contribution < -0.4 is 5.32 Å². The van der Waals surface area contributed by atoms with E-state index in [0.29, 0.717) is 0 Å². The molecule has 0 saturated heterocycles. The fourth-order valence-corrected chi connectivity index (χ4v) is 1.86. The van der Waals surface area contributed by atoms with Crippen molar-refractivity contribution < 1.29 is 0 Å². The first-order valence-corrected chi connectivity index (χ1v) is 6.35. The monoisotopic (exact) mass is 262 g/mol. The van der Waals surface area contributed by atoms with Crippen LogP contribution in [0.5, 0.6) is 0 Å². The zero-order valence-corrected chi connectivity index (χ0v) is 10.8. The largest absolute Gasteiger partial charge is 0.346 e. The summed E-state index contributed by atoms with van der Waals surface area (Å²) in [6, 6.07) is 17.9. The first kappa shape index (κ1) is 12.2. The molecule has 0 aliphatic heterocycles. The number of aliphatic imine (C=N–C) groups is 1. The van der Waals surface area contributed by atoms with Crippen LogP contribution >= 0.6 is 0 Å². The summed E-state index contributed by atoms with van der Waals surface area (Å²) < 4.78 is 0. The number of rotatable bonds is 4. The Kier molecular flexibility index (Phi) is 3.55. The van der Waals surface area contributed by atoms with Gasteiger partial charge in [0.05, 0.1) is 30.2 Å². The average molecular weight is 262 g/mol. The second kappa shape index (κ2) is 5.84. The van der Waals surface area contributed by atoms with Crippen LogP contribution in [-0.2, 0) is 0 Å². The molecule has 0 aliphatic carbocycles. The number of nitrogens with zero attached hydrogens (tertiary/aromatic N) is 2. The van der Waals surface area contributed by atoms with E-state index in [9.17, 15) is 0 Å². The molecule has 4 nitrogen and oxygen atoms in total. The number of nitrogens with one attached hydrogen (secondary N) is 2. The Hall–Kier alpha value is -2.88. The van der Waals surface area contributed by atoms with Crippen molar-refractivity contribution in [1.29, 1.82) is 0 Å². The van der Waals surface area contributed by atoms with Crippen LogP contribution in [0.2, 0.25) is 0 Å². The van der Waals surface area contributed by atoms with Gasteiger partial charge in [-0.25, -0.2) is 9.98 Å². The smallest absolute Gasteiger partial charge is 0.0930 e. The summed E-state index contributed by atoms with van der Waals surface area (Å²) in [7, 11) is 0. The van der Waals surface area contributed by atoms with Crippen molar-refractivity contribution in [2.75, 3.05) is 5.32 Å². The van der Waals surface area contributed by atoms with Gasteiger partial charge in [0.2, 0.25) is 0 Å². The third-order valence-electron chi connectivity index (χ3n) is 2.90. The molecule has 1 heterocycles. The molecule has 20 heavy (non-hydrogen) atoms. The highest BCUT2D eigenvalue weighted by Crippen LogP contribution is 2.20. The quantitative estimate of drug-likeness (QED) is 0.554. The molecule has 0 atom stereocenters. The third kappa shape index (κ3) is 2.92. The average Bonchev–Trinajstić information content (AvgIpc) is 3.03. The van der Waals surface area contributed by atoms with Crippen LogP contribution in [0.3, 0.4) is 0 Å². The molecule has 0 bridgehead atoms. The highest BCUT2D eigenvalue weighted by Gasteiger charge is 1.97. The first-order chi connectivity index (χ1) is 9.92. The number of hydrogen-bond donors (Lipinski definition) is 2. The molecule has 0 amide bonds. The second-order valence-electron chi connectivity index (χ2n) is 4.28. The zero-order valence-electron chi connectivity index (χ0n) is 10.8. The minimum Gasteiger partial charge on any atom is -0.346 e. The normalized spacial score (nSPS) is 10.8. The Morgan fingerprint density at radius 3 is 2.50 bits per heavy atom. The first-order valence-electron chi connectivity index (χ1n) is 6.35. The molecule has 0 unspecified atom stereocenters. The summed E-state index contributed by atoms with van der Waals surface area (Å²) in [5.41, 5.74) is 4.02. The molecule has 3 aromatic rings. The summed E-state index contributed by atoms with van der Waals surface area (Å²) in [5, 5.41) is 3.13. The Morgan fingerprint density at radius 1 is 1.00 bits per heavy atom. The molecule has 3 rings (SSSR count).